The standard InChI is InChI=1S/C19H22FNO2S/c1-14-5-3-6-16(11-14)21-19(22)7-4-10-24-13-15-8-9-18(23-2)17(20)12-15/h3,5-6,8-9,11-12H,4,7,10,13H2,1-2H3,(H,21,22). The van der Waals surface area contributed by atoms with Crippen LogP contribution < -0.4 is 10.1 Å². The van der Waals surface area contributed by atoms with Crippen LogP contribution in [-0.4, -0.2) is 18.8 Å². The van der Waals surface area contributed by atoms with E-state index in [2.05, 4.69) is 5.32 Å². The van der Waals surface area contributed by atoms with Crippen LogP contribution in [0.1, 0.15) is 24.0 Å². The van der Waals surface area contributed by atoms with Crippen molar-refractivity contribution in [2.24, 2.45) is 0 Å². The minimum absolute atomic E-state index is 0.0247. The molecule has 0 saturated carbocycles. The quantitative estimate of drug-likeness (QED) is 0.698. The lowest BCUT2D eigenvalue weighted by atomic mass is 10.2. The molecule has 3 nitrogen and oxygen atoms in total. The van der Waals surface area contributed by atoms with Crippen LogP contribution in [0, 0.1) is 12.7 Å². The molecule has 2 aromatic carbocycles. The van der Waals surface area contributed by atoms with E-state index in [0.29, 0.717) is 6.42 Å². The lowest BCUT2D eigenvalue weighted by Gasteiger charge is -2.07. The highest BCUT2D eigenvalue weighted by atomic mass is 32.2. The number of hydrogen-bond acceptors (Lipinski definition) is 3. The van der Waals surface area contributed by atoms with Crippen molar-refractivity contribution in [1.29, 1.82) is 0 Å². The summed E-state index contributed by atoms with van der Waals surface area (Å²) >= 11 is 1.69. The molecule has 1 amide bonds. The Morgan fingerprint density at radius 1 is 1.25 bits per heavy atom. The van der Waals surface area contributed by atoms with Crippen LogP contribution in [0.4, 0.5) is 10.1 Å². The van der Waals surface area contributed by atoms with Crippen molar-refractivity contribution in [3.05, 3.63) is 59.4 Å². The van der Waals surface area contributed by atoms with Gasteiger partial charge in [-0.1, -0.05) is 18.2 Å². The van der Waals surface area contributed by atoms with Gasteiger partial charge < -0.3 is 10.1 Å². The first-order chi connectivity index (χ1) is 11.6. The summed E-state index contributed by atoms with van der Waals surface area (Å²) in [5.74, 6) is 1.52. The van der Waals surface area contributed by atoms with E-state index < -0.39 is 0 Å². The van der Waals surface area contributed by atoms with Crippen LogP contribution in [0.2, 0.25) is 0 Å². The third kappa shape index (κ3) is 5.89. The van der Waals surface area contributed by atoms with Gasteiger partial charge in [0.2, 0.25) is 5.91 Å². The predicted molar refractivity (Wildman–Crippen MR) is 98.2 cm³/mol. The van der Waals surface area contributed by atoms with Gasteiger partial charge in [-0.15, -0.1) is 0 Å². The fraction of sp³-hybridized carbons (Fsp3) is 0.316. The number of anilines is 1. The molecule has 0 aliphatic carbocycles. The molecule has 24 heavy (non-hydrogen) atoms. The maximum absolute atomic E-state index is 13.6. The summed E-state index contributed by atoms with van der Waals surface area (Å²) in [6.45, 7) is 1.99. The Morgan fingerprint density at radius 3 is 2.79 bits per heavy atom. The Kier molecular flexibility index (Phi) is 7.12. The van der Waals surface area contributed by atoms with Gasteiger partial charge >= 0.3 is 0 Å². The molecule has 5 heteroatoms. The second kappa shape index (κ2) is 9.33. The van der Waals surface area contributed by atoms with E-state index in [1.165, 1.54) is 13.2 Å². The summed E-state index contributed by atoms with van der Waals surface area (Å²) in [6.07, 6.45) is 1.28. The van der Waals surface area contributed by atoms with Crippen molar-refractivity contribution < 1.29 is 13.9 Å². The van der Waals surface area contributed by atoms with Crippen molar-refractivity contribution in [2.45, 2.75) is 25.5 Å². The number of amides is 1. The van der Waals surface area contributed by atoms with E-state index in [0.717, 1.165) is 34.7 Å². The first-order valence-electron chi connectivity index (χ1n) is 7.85. The molecule has 0 aromatic heterocycles. The predicted octanol–water partition coefficient (Wildman–Crippen LogP) is 4.79. The van der Waals surface area contributed by atoms with Gasteiger partial charge in [-0.3, -0.25) is 4.79 Å². The molecule has 0 aliphatic heterocycles. The molecule has 2 aromatic rings. The van der Waals surface area contributed by atoms with E-state index in [1.807, 2.05) is 37.3 Å². The first-order valence-corrected chi connectivity index (χ1v) is 9.00. The number of benzene rings is 2. The van der Waals surface area contributed by atoms with Crippen LogP contribution in [0.3, 0.4) is 0 Å². The van der Waals surface area contributed by atoms with E-state index in [1.54, 1.807) is 17.8 Å². The highest BCUT2D eigenvalue weighted by molar-refractivity contribution is 7.98. The van der Waals surface area contributed by atoms with E-state index in [9.17, 15) is 9.18 Å². The molecular formula is C19H22FNO2S. The van der Waals surface area contributed by atoms with Crippen molar-refractivity contribution in [3.8, 4) is 5.75 Å². The number of thioether (sulfide) groups is 1. The minimum atomic E-state index is -0.340. The Balaban J connectivity index is 1.66. The second-order valence-electron chi connectivity index (χ2n) is 5.54. The van der Waals surface area contributed by atoms with E-state index in [4.69, 9.17) is 4.74 Å². The maximum Gasteiger partial charge on any atom is 0.224 e. The summed E-state index contributed by atoms with van der Waals surface area (Å²) in [5, 5.41) is 2.90. The van der Waals surface area contributed by atoms with Crippen LogP contribution in [-0.2, 0) is 10.5 Å². The van der Waals surface area contributed by atoms with Gasteiger partial charge in [-0.05, 0) is 54.5 Å². The normalized spacial score (nSPS) is 10.5. The number of carbonyl (C=O) groups is 1. The number of nitrogens with one attached hydrogen (secondary N) is 1. The summed E-state index contributed by atoms with van der Waals surface area (Å²) < 4.78 is 18.5. The monoisotopic (exact) mass is 347 g/mol. The van der Waals surface area contributed by atoms with Crippen LogP contribution >= 0.6 is 11.8 Å². The molecule has 2 rings (SSSR count). The fourth-order valence-electron chi connectivity index (χ4n) is 2.27. The van der Waals surface area contributed by atoms with Gasteiger partial charge in [0.05, 0.1) is 7.11 Å². The lowest BCUT2D eigenvalue weighted by molar-refractivity contribution is -0.116. The zero-order chi connectivity index (χ0) is 17.4. The second-order valence-corrected chi connectivity index (χ2v) is 6.65. The summed E-state index contributed by atoms with van der Waals surface area (Å²) in [6, 6.07) is 12.8. The molecule has 0 aliphatic rings. The van der Waals surface area contributed by atoms with E-state index in [-0.39, 0.29) is 17.5 Å². The number of carbonyl (C=O) groups excluding carboxylic acids is 1. The highest BCUT2D eigenvalue weighted by Crippen LogP contribution is 2.21. The summed E-state index contributed by atoms with van der Waals surface area (Å²) in [7, 11) is 1.45. The highest BCUT2D eigenvalue weighted by Gasteiger charge is 2.05. The molecule has 0 bridgehead atoms. The van der Waals surface area contributed by atoms with Crippen LogP contribution in [0.5, 0.6) is 5.75 Å². The number of halogens is 1. The molecule has 128 valence electrons. The zero-order valence-electron chi connectivity index (χ0n) is 14.0. The molecular weight excluding hydrogens is 325 g/mol. The van der Waals surface area contributed by atoms with Gasteiger partial charge in [0.15, 0.2) is 11.6 Å². The molecule has 1 N–H and O–H groups in total. The van der Waals surface area contributed by atoms with Gasteiger partial charge in [0.25, 0.3) is 0 Å². The van der Waals surface area contributed by atoms with Crippen molar-refractivity contribution >= 4 is 23.4 Å². The molecule has 0 spiro atoms. The summed E-state index contributed by atoms with van der Waals surface area (Å²) in [4.78, 5) is 11.9. The summed E-state index contributed by atoms with van der Waals surface area (Å²) in [5.41, 5.74) is 2.87. The van der Waals surface area contributed by atoms with Crippen molar-refractivity contribution in [3.63, 3.8) is 0 Å². The Bertz CT molecular complexity index is 691. The molecule has 0 fully saturated rings. The van der Waals surface area contributed by atoms with Gasteiger partial charge in [-0.2, -0.15) is 11.8 Å². The SMILES string of the molecule is COc1ccc(CSCCCC(=O)Nc2cccc(C)c2)cc1F. The average molecular weight is 347 g/mol. The van der Waals surface area contributed by atoms with Gasteiger partial charge in [-0.25, -0.2) is 4.39 Å². The number of rotatable bonds is 8. The maximum atomic E-state index is 13.6. The Hall–Kier alpha value is -2.01. The smallest absolute Gasteiger partial charge is 0.224 e. The van der Waals surface area contributed by atoms with Crippen molar-refractivity contribution in [1.82, 2.24) is 0 Å². The zero-order valence-corrected chi connectivity index (χ0v) is 14.8. The molecule has 0 radical (unpaired) electrons. The largest absolute Gasteiger partial charge is 0.494 e. The van der Waals surface area contributed by atoms with Crippen molar-refractivity contribution in [2.75, 3.05) is 18.2 Å². The Labute approximate surface area is 146 Å². The van der Waals surface area contributed by atoms with Crippen LogP contribution in [0.15, 0.2) is 42.5 Å². The topological polar surface area (TPSA) is 38.3 Å². The van der Waals surface area contributed by atoms with Gasteiger partial charge in [0, 0.05) is 17.9 Å². The van der Waals surface area contributed by atoms with Gasteiger partial charge in [0.1, 0.15) is 0 Å². The third-order valence-corrected chi connectivity index (χ3v) is 4.59. The fourth-order valence-corrected chi connectivity index (χ4v) is 3.18. The minimum Gasteiger partial charge on any atom is -0.494 e. The first kappa shape index (κ1) is 18.3. The Morgan fingerprint density at radius 2 is 2.08 bits per heavy atom. The molecule has 0 saturated heterocycles. The number of hydrogen-bond donors (Lipinski definition) is 1. The molecule has 0 unspecified atom stereocenters. The molecule has 0 atom stereocenters. The molecule has 0 heterocycles. The average Bonchev–Trinajstić information content (AvgIpc) is 2.54. The van der Waals surface area contributed by atoms with Crippen LogP contribution in [0.25, 0.3) is 0 Å². The number of methoxy groups -OCH3 is 1. The third-order valence-electron chi connectivity index (χ3n) is 3.48. The number of aryl methyl sites for hydroxylation is 1. The van der Waals surface area contributed by atoms with E-state index >= 15 is 0 Å². The number of ether oxygens (including phenoxy) is 1. The lowest BCUT2D eigenvalue weighted by Crippen LogP contribution is -2.11.